The summed E-state index contributed by atoms with van der Waals surface area (Å²) in [5.41, 5.74) is 8.02. The number of nitrogen functional groups attached to an aromatic ring is 1. The van der Waals surface area contributed by atoms with Gasteiger partial charge in [-0.15, -0.1) is 0 Å². The van der Waals surface area contributed by atoms with Crippen molar-refractivity contribution in [3.05, 3.63) is 111 Å². The maximum Gasteiger partial charge on any atom is 0.245 e. The lowest BCUT2D eigenvalue weighted by Gasteiger charge is -2.26. The molecule has 3 heterocycles. The molecular weight excluding hydrogens is 711 g/mol. The van der Waals surface area contributed by atoms with Gasteiger partial charge in [-0.25, -0.2) is 13.4 Å². The first kappa shape index (κ1) is 36.2. The molecule has 0 spiro atoms. The van der Waals surface area contributed by atoms with E-state index in [0.29, 0.717) is 35.2 Å². The Labute approximate surface area is 306 Å². The van der Waals surface area contributed by atoms with E-state index < -0.39 is 27.5 Å². The third kappa shape index (κ3) is 7.14. The summed E-state index contributed by atoms with van der Waals surface area (Å²) in [6, 6.07) is 15.7. The maximum absolute atomic E-state index is 14.1. The zero-order chi connectivity index (χ0) is 36.5. The number of ketones is 1. The fourth-order valence-corrected chi connectivity index (χ4v) is 9.03. The molecular formula is C37H36Cl2N6O5S. The SMILES string of the molecule is Cc1cc(C)c2cccc(OCc3c(Cl)ccc(S(=O)(=O)N4CCCC4C(=O)NCCC4(C(=O)c5ccc(C(=N)N)cc5)C=CC=N4)c3Cl)c2n1. The third-order valence-electron chi connectivity index (χ3n) is 9.17. The second-order valence-corrected chi connectivity index (χ2v) is 15.2. The minimum absolute atomic E-state index is 0.0629. The topological polar surface area (TPSA) is 168 Å². The van der Waals surface area contributed by atoms with E-state index in [-0.39, 0.29) is 58.2 Å². The molecule has 1 fully saturated rings. The summed E-state index contributed by atoms with van der Waals surface area (Å²) >= 11 is 13.3. The number of pyridine rings is 1. The third-order valence-corrected chi connectivity index (χ3v) is 12.0. The van der Waals surface area contributed by atoms with Gasteiger partial charge in [-0.1, -0.05) is 59.6 Å². The molecule has 2 atom stereocenters. The molecule has 3 aromatic carbocycles. The molecule has 2 aliphatic heterocycles. The fourth-order valence-electron chi connectivity index (χ4n) is 6.51. The lowest BCUT2D eigenvalue weighted by Crippen LogP contribution is -2.47. The molecule has 1 amide bonds. The normalized spacial score (nSPS) is 18.7. The van der Waals surface area contributed by atoms with Gasteiger partial charge in [-0.05, 0) is 68.7 Å². The Balaban J connectivity index is 1.16. The van der Waals surface area contributed by atoms with Crippen LogP contribution >= 0.6 is 23.2 Å². The van der Waals surface area contributed by atoms with E-state index >= 15 is 0 Å². The standard InChI is InChI=1S/C37H36Cl2N6O5S/c1-22-20-23(2)44-33-26(22)6-3-8-30(33)50-21-27-28(38)13-14-31(32(27)39)51(48,49)45-19-4-7-29(45)36(47)42-18-16-37(15-5-17-43-37)34(46)24-9-11-25(12-10-24)35(40)41/h3,5-6,8-15,17,20,29H,4,7,16,18-19,21H2,1-2H3,(H3,40,41)(H,42,47). The van der Waals surface area contributed by atoms with Crippen LogP contribution in [0.15, 0.2) is 82.7 Å². The lowest BCUT2D eigenvalue weighted by atomic mass is 9.87. The first-order chi connectivity index (χ1) is 24.3. The van der Waals surface area contributed by atoms with E-state index in [2.05, 4.69) is 15.3 Å². The Morgan fingerprint density at radius 1 is 1.10 bits per heavy atom. The Morgan fingerprint density at radius 2 is 1.84 bits per heavy atom. The summed E-state index contributed by atoms with van der Waals surface area (Å²) in [7, 11) is -4.24. The summed E-state index contributed by atoms with van der Waals surface area (Å²) in [6.07, 6.45) is 5.81. The van der Waals surface area contributed by atoms with Crippen molar-refractivity contribution < 1.29 is 22.7 Å². The average Bonchev–Trinajstić information content (AvgIpc) is 3.80. The summed E-state index contributed by atoms with van der Waals surface area (Å²) < 4.78 is 35.4. The number of benzene rings is 3. The minimum atomic E-state index is -4.24. The van der Waals surface area contributed by atoms with Gasteiger partial charge in [-0.3, -0.25) is 20.0 Å². The molecule has 4 N–H and O–H groups in total. The molecule has 0 aliphatic carbocycles. The quantitative estimate of drug-likeness (QED) is 0.0916. The smallest absolute Gasteiger partial charge is 0.245 e. The van der Waals surface area contributed by atoms with Crippen LogP contribution in [-0.2, 0) is 21.4 Å². The van der Waals surface area contributed by atoms with Crippen LogP contribution in [0.2, 0.25) is 10.0 Å². The number of amidine groups is 1. The number of hydrogen-bond donors (Lipinski definition) is 3. The number of Topliss-reactive ketones (excluding diaryl/α,β-unsaturated/α-hetero) is 1. The highest BCUT2D eigenvalue weighted by atomic mass is 35.5. The molecule has 6 rings (SSSR count). The number of amides is 1. The van der Waals surface area contributed by atoms with Gasteiger partial charge < -0.3 is 15.8 Å². The maximum atomic E-state index is 14.1. The zero-order valence-electron chi connectivity index (χ0n) is 27.9. The predicted molar refractivity (Wildman–Crippen MR) is 199 cm³/mol. The molecule has 0 bridgehead atoms. The van der Waals surface area contributed by atoms with Crippen LogP contribution in [0.25, 0.3) is 10.9 Å². The molecule has 14 heteroatoms. The first-order valence-corrected chi connectivity index (χ1v) is 18.5. The van der Waals surface area contributed by atoms with Crippen molar-refractivity contribution in [1.82, 2.24) is 14.6 Å². The van der Waals surface area contributed by atoms with Crippen LogP contribution in [0.4, 0.5) is 0 Å². The van der Waals surface area contributed by atoms with Crippen LogP contribution in [-0.4, -0.2) is 66.1 Å². The summed E-state index contributed by atoms with van der Waals surface area (Å²) in [5, 5.41) is 11.5. The number of carbonyl (C=O) groups is 2. The van der Waals surface area contributed by atoms with Gasteiger partial charge in [0.1, 0.15) is 40.2 Å². The number of fused-ring (bicyclic) bond motifs is 1. The number of carbonyl (C=O) groups excluding carboxylic acids is 2. The Kier molecular flexibility index (Phi) is 10.3. The Hall–Kier alpha value is -4.62. The van der Waals surface area contributed by atoms with Crippen molar-refractivity contribution in [2.45, 2.75) is 56.2 Å². The first-order valence-electron chi connectivity index (χ1n) is 16.3. The van der Waals surface area contributed by atoms with Gasteiger partial charge in [0, 0.05) is 58.5 Å². The second-order valence-electron chi connectivity index (χ2n) is 12.6. The summed E-state index contributed by atoms with van der Waals surface area (Å²) in [6.45, 7) is 3.96. The van der Waals surface area contributed by atoms with Gasteiger partial charge >= 0.3 is 0 Å². The van der Waals surface area contributed by atoms with E-state index in [1.54, 1.807) is 42.5 Å². The molecule has 1 aromatic heterocycles. The Bertz CT molecular complexity index is 2210. The largest absolute Gasteiger partial charge is 0.487 e. The fraction of sp³-hybridized carbons (Fsp3) is 0.270. The number of nitrogens with zero attached hydrogens (tertiary/aromatic N) is 3. The van der Waals surface area contributed by atoms with Crippen LogP contribution in [0.5, 0.6) is 5.75 Å². The van der Waals surface area contributed by atoms with Gasteiger partial charge in [0.25, 0.3) is 0 Å². The zero-order valence-corrected chi connectivity index (χ0v) is 30.3. The number of nitrogens with one attached hydrogen (secondary N) is 2. The monoisotopic (exact) mass is 746 g/mol. The van der Waals surface area contributed by atoms with Crippen molar-refractivity contribution in [2.75, 3.05) is 13.1 Å². The molecule has 2 unspecified atom stereocenters. The number of aliphatic imine (C=N–C) groups is 1. The van der Waals surface area contributed by atoms with Gasteiger partial charge in [0.15, 0.2) is 5.78 Å². The predicted octanol–water partition coefficient (Wildman–Crippen LogP) is 5.94. The molecule has 0 saturated carbocycles. The number of rotatable bonds is 12. The molecule has 264 valence electrons. The van der Waals surface area contributed by atoms with Gasteiger partial charge in [-0.2, -0.15) is 4.31 Å². The summed E-state index contributed by atoms with van der Waals surface area (Å²) in [5.74, 6) is -0.371. The van der Waals surface area contributed by atoms with Crippen molar-refractivity contribution in [2.24, 2.45) is 10.7 Å². The highest BCUT2D eigenvalue weighted by Gasteiger charge is 2.42. The number of halogens is 2. The van der Waals surface area contributed by atoms with Gasteiger partial charge in [0.05, 0.1) is 5.02 Å². The van der Waals surface area contributed by atoms with E-state index in [1.807, 2.05) is 32.0 Å². The van der Waals surface area contributed by atoms with Crippen LogP contribution < -0.4 is 15.8 Å². The number of nitrogens with two attached hydrogens (primary N) is 1. The van der Waals surface area contributed by atoms with E-state index in [1.165, 1.54) is 18.3 Å². The minimum Gasteiger partial charge on any atom is -0.487 e. The number of aryl methyl sites for hydroxylation is 2. The van der Waals surface area contributed by atoms with Crippen molar-refractivity contribution in [1.29, 1.82) is 5.41 Å². The summed E-state index contributed by atoms with van der Waals surface area (Å²) in [4.78, 5) is 35.9. The number of allylic oxidation sites excluding steroid dienone is 1. The van der Waals surface area contributed by atoms with E-state index in [0.717, 1.165) is 20.9 Å². The van der Waals surface area contributed by atoms with Crippen molar-refractivity contribution in [3.8, 4) is 5.75 Å². The number of hydrogen-bond acceptors (Lipinski definition) is 8. The van der Waals surface area contributed by atoms with E-state index in [4.69, 9.17) is 39.1 Å². The number of para-hydroxylation sites is 1. The Morgan fingerprint density at radius 3 is 2.55 bits per heavy atom. The number of aromatic nitrogens is 1. The molecule has 0 radical (unpaired) electrons. The second kappa shape index (κ2) is 14.5. The van der Waals surface area contributed by atoms with Crippen LogP contribution in [0.3, 0.4) is 0 Å². The molecule has 4 aromatic rings. The van der Waals surface area contributed by atoms with Gasteiger partial charge in [0.2, 0.25) is 15.9 Å². The number of ether oxygens (including phenoxy) is 1. The average molecular weight is 748 g/mol. The molecule has 51 heavy (non-hydrogen) atoms. The highest BCUT2D eigenvalue weighted by Crippen LogP contribution is 2.37. The lowest BCUT2D eigenvalue weighted by molar-refractivity contribution is -0.124. The van der Waals surface area contributed by atoms with Crippen molar-refractivity contribution in [3.63, 3.8) is 0 Å². The van der Waals surface area contributed by atoms with Crippen molar-refractivity contribution >= 4 is 67.9 Å². The molecule has 2 aliphatic rings. The molecule has 11 nitrogen and oxygen atoms in total. The number of sulfonamides is 1. The van der Waals surface area contributed by atoms with Crippen LogP contribution in [0.1, 0.15) is 52.0 Å². The van der Waals surface area contributed by atoms with E-state index in [9.17, 15) is 18.0 Å². The van der Waals surface area contributed by atoms with Crippen LogP contribution in [0, 0.1) is 19.3 Å². The highest BCUT2D eigenvalue weighted by molar-refractivity contribution is 7.89. The molecule has 1 saturated heterocycles.